The first-order valence-corrected chi connectivity index (χ1v) is 14.1. The number of benzene rings is 3. The zero-order chi connectivity index (χ0) is 30.0. The number of amides is 1. The van der Waals surface area contributed by atoms with E-state index in [0.717, 1.165) is 27.7 Å². The van der Waals surface area contributed by atoms with Crippen LogP contribution in [0.4, 0.5) is 18.9 Å². The van der Waals surface area contributed by atoms with Crippen LogP contribution in [-0.2, 0) is 11.8 Å². The lowest BCUT2D eigenvalue weighted by Gasteiger charge is -2.14. The minimum Gasteiger partial charge on any atom is -0.484 e. The molecule has 12 heteroatoms. The van der Waals surface area contributed by atoms with Gasteiger partial charge in [0.2, 0.25) is 0 Å². The molecule has 0 saturated carbocycles. The predicted octanol–water partition coefficient (Wildman–Crippen LogP) is 7.33. The number of fused-ring (bicyclic) bond motifs is 1. The van der Waals surface area contributed by atoms with Crippen molar-refractivity contribution >= 4 is 45.6 Å². The van der Waals surface area contributed by atoms with Crippen molar-refractivity contribution < 1.29 is 27.4 Å². The SMILES string of the molecule is CC(C)c1ccccc1N=C1SCC(=O)N1/N=C/c1ccc2c(C(C)Oc3ccc(OC(F)(F)F)cc3)nn(C)c2c1. The molecule has 218 valence electrons. The summed E-state index contributed by atoms with van der Waals surface area (Å²) >= 11 is 1.35. The van der Waals surface area contributed by atoms with E-state index in [1.807, 2.05) is 49.4 Å². The summed E-state index contributed by atoms with van der Waals surface area (Å²) in [4.78, 5) is 17.4. The summed E-state index contributed by atoms with van der Waals surface area (Å²) in [7, 11) is 1.81. The molecule has 1 amide bonds. The van der Waals surface area contributed by atoms with Crippen LogP contribution in [0.3, 0.4) is 0 Å². The van der Waals surface area contributed by atoms with Crippen molar-refractivity contribution in [1.82, 2.24) is 14.8 Å². The van der Waals surface area contributed by atoms with Gasteiger partial charge in [0.05, 0.1) is 23.2 Å². The van der Waals surface area contributed by atoms with Gasteiger partial charge in [-0.05, 0) is 60.4 Å². The molecule has 3 aromatic carbocycles. The van der Waals surface area contributed by atoms with Crippen molar-refractivity contribution in [3.8, 4) is 11.5 Å². The van der Waals surface area contributed by atoms with Gasteiger partial charge in [-0.3, -0.25) is 9.48 Å². The van der Waals surface area contributed by atoms with Crippen molar-refractivity contribution in [2.24, 2.45) is 17.1 Å². The third kappa shape index (κ3) is 6.59. The molecule has 0 N–H and O–H groups in total. The highest BCUT2D eigenvalue weighted by molar-refractivity contribution is 8.15. The number of halogens is 3. The van der Waals surface area contributed by atoms with Crippen LogP contribution in [0.1, 0.15) is 49.6 Å². The number of hydrazone groups is 1. The second-order valence-corrected chi connectivity index (χ2v) is 10.9. The lowest BCUT2D eigenvalue weighted by molar-refractivity contribution is -0.274. The van der Waals surface area contributed by atoms with E-state index in [2.05, 4.69) is 28.8 Å². The minimum absolute atomic E-state index is 0.148. The molecule has 1 atom stereocenters. The number of ether oxygens (including phenoxy) is 2. The molecule has 1 unspecified atom stereocenters. The molecule has 1 aromatic heterocycles. The molecule has 0 spiro atoms. The van der Waals surface area contributed by atoms with Gasteiger partial charge in [0.15, 0.2) is 5.17 Å². The van der Waals surface area contributed by atoms with E-state index < -0.39 is 12.5 Å². The maximum absolute atomic E-state index is 12.6. The molecule has 0 radical (unpaired) electrons. The number of alkyl halides is 3. The summed E-state index contributed by atoms with van der Waals surface area (Å²) in [6.07, 6.45) is -3.64. The molecule has 1 aliphatic heterocycles. The summed E-state index contributed by atoms with van der Waals surface area (Å²) in [5.41, 5.74) is 4.15. The maximum Gasteiger partial charge on any atom is 0.573 e. The largest absolute Gasteiger partial charge is 0.573 e. The molecule has 8 nitrogen and oxygen atoms in total. The number of nitrogens with zero attached hydrogens (tertiary/aromatic N) is 5. The number of thioether (sulfide) groups is 1. The van der Waals surface area contributed by atoms with Crippen LogP contribution in [0.2, 0.25) is 0 Å². The smallest absolute Gasteiger partial charge is 0.484 e. The van der Waals surface area contributed by atoms with Gasteiger partial charge in [-0.1, -0.05) is 55.9 Å². The van der Waals surface area contributed by atoms with Gasteiger partial charge in [-0.15, -0.1) is 13.2 Å². The normalized spacial score (nSPS) is 15.9. The van der Waals surface area contributed by atoms with Crippen LogP contribution in [0, 0.1) is 0 Å². The molecule has 2 heterocycles. The predicted molar refractivity (Wildman–Crippen MR) is 157 cm³/mol. The van der Waals surface area contributed by atoms with Crippen LogP contribution in [0.5, 0.6) is 11.5 Å². The average molecular weight is 596 g/mol. The number of carbonyl (C=O) groups excluding carboxylic acids is 1. The molecular weight excluding hydrogens is 567 g/mol. The summed E-state index contributed by atoms with van der Waals surface area (Å²) in [5.74, 6) is 0.450. The van der Waals surface area contributed by atoms with Gasteiger partial charge >= 0.3 is 6.36 Å². The first kappa shape index (κ1) is 29.2. The zero-order valence-electron chi connectivity index (χ0n) is 23.3. The number of hydrogen-bond donors (Lipinski definition) is 0. The Labute approximate surface area is 244 Å². The van der Waals surface area contributed by atoms with Crippen molar-refractivity contribution in [3.05, 3.63) is 83.6 Å². The molecular formula is C30H28F3N5O3S. The number of carbonyl (C=O) groups is 1. The number of amidine groups is 1. The molecule has 1 saturated heterocycles. The van der Waals surface area contributed by atoms with Gasteiger partial charge in [0, 0.05) is 12.4 Å². The van der Waals surface area contributed by atoms with E-state index in [1.165, 1.54) is 41.0 Å². The molecule has 5 rings (SSSR count). The summed E-state index contributed by atoms with van der Waals surface area (Å²) in [6.45, 7) is 6.01. The van der Waals surface area contributed by atoms with Gasteiger partial charge in [0.1, 0.15) is 23.3 Å². The van der Waals surface area contributed by atoms with Gasteiger partial charge < -0.3 is 9.47 Å². The number of aryl methyl sites for hydroxylation is 1. The Morgan fingerprint density at radius 2 is 1.74 bits per heavy atom. The van der Waals surface area contributed by atoms with Crippen LogP contribution in [0.15, 0.2) is 76.8 Å². The molecule has 0 aliphatic carbocycles. The highest BCUT2D eigenvalue weighted by Crippen LogP contribution is 2.32. The van der Waals surface area contributed by atoms with E-state index >= 15 is 0 Å². The first-order valence-electron chi connectivity index (χ1n) is 13.1. The summed E-state index contributed by atoms with van der Waals surface area (Å²) < 4.78 is 48.9. The van der Waals surface area contributed by atoms with Crippen LogP contribution >= 0.6 is 11.8 Å². The van der Waals surface area contributed by atoms with Gasteiger partial charge in [-0.25, -0.2) is 4.99 Å². The molecule has 1 aliphatic rings. The van der Waals surface area contributed by atoms with Crippen LogP contribution < -0.4 is 9.47 Å². The fraction of sp³-hybridized carbons (Fsp3) is 0.267. The number of aromatic nitrogens is 2. The Bertz CT molecular complexity index is 1670. The Morgan fingerprint density at radius 1 is 1.02 bits per heavy atom. The molecule has 4 aromatic rings. The van der Waals surface area contributed by atoms with E-state index in [1.54, 1.807) is 17.9 Å². The highest BCUT2D eigenvalue weighted by Gasteiger charge is 2.31. The topological polar surface area (TPSA) is 81.3 Å². The van der Waals surface area contributed by atoms with E-state index in [0.29, 0.717) is 16.6 Å². The lowest BCUT2D eigenvalue weighted by atomic mass is 10.0. The monoisotopic (exact) mass is 595 g/mol. The maximum atomic E-state index is 12.6. The summed E-state index contributed by atoms with van der Waals surface area (Å²) in [5, 5.41) is 11.8. The van der Waals surface area contributed by atoms with Crippen molar-refractivity contribution in [2.75, 3.05) is 5.75 Å². The standard InChI is InChI=1S/C30H28F3N5O3S/c1-18(2)23-7-5-6-8-25(23)35-29-38(27(39)17-42-29)34-16-20-9-14-24-26(15-20)37(4)36-28(24)19(3)40-21-10-12-22(13-11-21)41-30(31,32)33/h5-16,18-19H,17H2,1-4H3/b34-16+,35-29?. The van der Waals surface area contributed by atoms with Gasteiger partial charge in [0.25, 0.3) is 5.91 Å². The van der Waals surface area contributed by atoms with Crippen molar-refractivity contribution in [1.29, 1.82) is 0 Å². The van der Waals surface area contributed by atoms with E-state index in [4.69, 9.17) is 9.73 Å². The van der Waals surface area contributed by atoms with Crippen molar-refractivity contribution in [2.45, 2.75) is 39.2 Å². The Hall–Kier alpha value is -4.32. The second kappa shape index (κ2) is 11.9. The van der Waals surface area contributed by atoms with Gasteiger partial charge in [-0.2, -0.15) is 15.2 Å². The highest BCUT2D eigenvalue weighted by atomic mass is 32.2. The number of para-hydroxylation sites is 1. The molecule has 42 heavy (non-hydrogen) atoms. The van der Waals surface area contributed by atoms with E-state index in [-0.39, 0.29) is 23.3 Å². The van der Waals surface area contributed by atoms with Crippen LogP contribution in [0.25, 0.3) is 10.9 Å². The van der Waals surface area contributed by atoms with Crippen molar-refractivity contribution in [3.63, 3.8) is 0 Å². The fourth-order valence-electron chi connectivity index (χ4n) is 4.52. The number of aliphatic imine (C=N–C) groups is 1. The quantitative estimate of drug-likeness (QED) is 0.199. The Balaban J connectivity index is 1.34. The average Bonchev–Trinajstić information content (AvgIpc) is 3.46. The fourth-order valence-corrected chi connectivity index (χ4v) is 5.33. The number of hydrogen-bond acceptors (Lipinski definition) is 7. The Morgan fingerprint density at radius 3 is 2.45 bits per heavy atom. The first-order chi connectivity index (χ1) is 20.0. The third-order valence-corrected chi connectivity index (χ3v) is 7.41. The third-order valence-electron chi connectivity index (χ3n) is 6.50. The number of rotatable bonds is 8. The second-order valence-electron chi connectivity index (χ2n) is 9.91. The zero-order valence-corrected chi connectivity index (χ0v) is 24.1. The Kier molecular flexibility index (Phi) is 8.26. The molecule has 1 fully saturated rings. The lowest BCUT2D eigenvalue weighted by Crippen LogP contribution is -2.23. The molecule has 0 bridgehead atoms. The summed E-state index contributed by atoms with van der Waals surface area (Å²) in [6, 6.07) is 18.7. The minimum atomic E-state index is -4.76. The van der Waals surface area contributed by atoms with E-state index in [9.17, 15) is 18.0 Å². The van der Waals surface area contributed by atoms with Crippen LogP contribution in [-0.4, -0.2) is 44.2 Å².